The molecule has 0 saturated carbocycles. The van der Waals surface area contributed by atoms with Crippen LogP contribution in [0.25, 0.3) is 0 Å². The van der Waals surface area contributed by atoms with Crippen molar-refractivity contribution in [2.45, 2.75) is 40.0 Å². The lowest BCUT2D eigenvalue weighted by molar-refractivity contribution is 0.575. The van der Waals surface area contributed by atoms with Crippen LogP contribution < -0.4 is 0 Å². The first-order valence-electron chi connectivity index (χ1n) is 4.62. The fourth-order valence-corrected chi connectivity index (χ4v) is 1.03. The SMILES string of the molecule is CCc1nnc(CCC(C)C)[nH]1. The molecule has 1 aromatic heterocycles. The van der Waals surface area contributed by atoms with Crippen LogP contribution >= 0.6 is 0 Å². The molecular formula is C9H17N3. The van der Waals surface area contributed by atoms with Crippen LogP contribution in [0.3, 0.4) is 0 Å². The molecule has 68 valence electrons. The zero-order chi connectivity index (χ0) is 8.97. The number of nitrogens with zero attached hydrogens (tertiary/aromatic N) is 2. The Kier molecular flexibility index (Phi) is 3.26. The molecule has 0 aliphatic carbocycles. The highest BCUT2D eigenvalue weighted by atomic mass is 15.2. The predicted octanol–water partition coefficient (Wildman–Crippen LogP) is 1.96. The average molecular weight is 167 g/mol. The van der Waals surface area contributed by atoms with Gasteiger partial charge in [0.15, 0.2) is 0 Å². The number of aryl methyl sites for hydroxylation is 2. The minimum Gasteiger partial charge on any atom is -0.329 e. The Morgan fingerprint density at radius 1 is 1.25 bits per heavy atom. The molecular weight excluding hydrogens is 150 g/mol. The molecule has 0 aromatic carbocycles. The van der Waals surface area contributed by atoms with Crippen LogP contribution in [0.4, 0.5) is 0 Å². The van der Waals surface area contributed by atoms with E-state index in [9.17, 15) is 0 Å². The largest absolute Gasteiger partial charge is 0.329 e. The highest BCUT2D eigenvalue weighted by Crippen LogP contribution is 2.04. The summed E-state index contributed by atoms with van der Waals surface area (Å²) in [5, 5.41) is 8.06. The van der Waals surface area contributed by atoms with Gasteiger partial charge < -0.3 is 4.98 Å². The molecule has 1 heterocycles. The summed E-state index contributed by atoms with van der Waals surface area (Å²) < 4.78 is 0. The molecule has 0 spiro atoms. The maximum absolute atomic E-state index is 4.05. The minimum atomic E-state index is 0.736. The van der Waals surface area contributed by atoms with Gasteiger partial charge in [0.05, 0.1) is 0 Å². The maximum Gasteiger partial charge on any atom is 0.130 e. The predicted molar refractivity (Wildman–Crippen MR) is 48.9 cm³/mol. The maximum atomic E-state index is 4.05. The molecule has 1 aromatic rings. The summed E-state index contributed by atoms with van der Waals surface area (Å²) in [5.41, 5.74) is 0. The van der Waals surface area contributed by atoms with E-state index in [1.54, 1.807) is 0 Å². The molecule has 0 aliphatic rings. The van der Waals surface area contributed by atoms with Crippen molar-refractivity contribution in [1.29, 1.82) is 0 Å². The number of aromatic amines is 1. The van der Waals surface area contributed by atoms with Gasteiger partial charge in [-0.15, -0.1) is 10.2 Å². The smallest absolute Gasteiger partial charge is 0.130 e. The van der Waals surface area contributed by atoms with Crippen LogP contribution in [-0.2, 0) is 12.8 Å². The summed E-state index contributed by atoms with van der Waals surface area (Å²) >= 11 is 0. The summed E-state index contributed by atoms with van der Waals surface area (Å²) in [6.07, 6.45) is 3.14. The molecule has 0 unspecified atom stereocenters. The summed E-state index contributed by atoms with van der Waals surface area (Å²) in [7, 11) is 0. The third-order valence-corrected chi connectivity index (χ3v) is 1.87. The third kappa shape index (κ3) is 2.64. The molecule has 0 radical (unpaired) electrons. The van der Waals surface area contributed by atoms with E-state index in [4.69, 9.17) is 0 Å². The molecule has 0 bridgehead atoms. The van der Waals surface area contributed by atoms with Crippen molar-refractivity contribution in [2.75, 3.05) is 0 Å². The summed E-state index contributed by atoms with van der Waals surface area (Å²) in [6.45, 7) is 6.51. The van der Waals surface area contributed by atoms with Gasteiger partial charge in [0, 0.05) is 12.8 Å². The van der Waals surface area contributed by atoms with Gasteiger partial charge >= 0.3 is 0 Å². The van der Waals surface area contributed by atoms with Crippen molar-refractivity contribution in [1.82, 2.24) is 15.2 Å². The highest BCUT2D eigenvalue weighted by molar-refractivity contribution is 4.89. The standard InChI is InChI=1S/C9H17N3/c1-4-8-10-9(12-11-8)6-5-7(2)3/h7H,4-6H2,1-3H3,(H,10,11,12). The van der Waals surface area contributed by atoms with Crippen molar-refractivity contribution in [3.05, 3.63) is 11.6 Å². The molecule has 3 heteroatoms. The fourth-order valence-electron chi connectivity index (χ4n) is 1.03. The van der Waals surface area contributed by atoms with Crippen LogP contribution in [0.2, 0.25) is 0 Å². The number of nitrogens with one attached hydrogen (secondary N) is 1. The topological polar surface area (TPSA) is 41.6 Å². The second kappa shape index (κ2) is 4.24. The number of hydrogen-bond donors (Lipinski definition) is 1. The van der Waals surface area contributed by atoms with Crippen molar-refractivity contribution < 1.29 is 0 Å². The Bertz CT molecular complexity index is 227. The van der Waals surface area contributed by atoms with E-state index in [1.165, 1.54) is 6.42 Å². The molecule has 0 fully saturated rings. The minimum absolute atomic E-state index is 0.736. The Morgan fingerprint density at radius 2 is 1.92 bits per heavy atom. The van der Waals surface area contributed by atoms with E-state index in [2.05, 4.69) is 36.0 Å². The van der Waals surface area contributed by atoms with Gasteiger partial charge in [-0.1, -0.05) is 20.8 Å². The van der Waals surface area contributed by atoms with E-state index in [0.717, 1.165) is 30.4 Å². The van der Waals surface area contributed by atoms with Gasteiger partial charge in [-0.25, -0.2) is 0 Å². The second-order valence-electron chi connectivity index (χ2n) is 3.50. The first-order chi connectivity index (χ1) is 5.72. The van der Waals surface area contributed by atoms with E-state index in [-0.39, 0.29) is 0 Å². The zero-order valence-electron chi connectivity index (χ0n) is 8.09. The van der Waals surface area contributed by atoms with Crippen LogP contribution in [0.5, 0.6) is 0 Å². The summed E-state index contributed by atoms with van der Waals surface area (Å²) in [4.78, 5) is 3.20. The summed E-state index contributed by atoms with van der Waals surface area (Å²) in [5.74, 6) is 2.76. The first-order valence-corrected chi connectivity index (χ1v) is 4.62. The first kappa shape index (κ1) is 9.23. The number of rotatable bonds is 4. The lowest BCUT2D eigenvalue weighted by atomic mass is 10.1. The van der Waals surface area contributed by atoms with Gasteiger partial charge in [-0.3, -0.25) is 0 Å². The number of H-pyrrole nitrogens is 1. The van der Waals surface area contributed by atoms with Crippen LogP contribution in [0.1, 0.15) is 38.8 Å². The van der Waals surface area contributed by atoms with E-state index < -0.39 is 0 Å². The Labute approximate surface area is 73.6 Å². The molecule has 12 heavy (non-hydrogen) atoms. The van der Waals surface area contributed by atoms with Gasteiger partial charge in [-0.05, 0) is 12.3 Å². The van der Waals surface area contributed by atoms with Crippen molar-refractivity contribution in [3.8, 4) is 0 Å². The van der Waals surface area contributed by atoms with Gasteiger partial charge in [0.2, 0.25) is 0 Å². The van der Waals surface area contributed by atoms with Crippen LogP contribution in [-0.4, -0.2) is 15.2 Å². The van der Waals surface area contributed by atoms with E-state index in [0.29, 0.717) is 0 Å². The molecule has 0 saturated heterocycles. The van der Waals surface area contributed by atoms with Gasteiger partial charge in [0.25, 0.3) is 0 Å². The number of hydrogen-bond acceptors (Lipinski definition) is 2. The highest BCUT2D eigenvalue weighted by Gasteiger charge is 2.01. The third-order valence-electron chi connectivity index (χ3n) is 1.87. The molecule has 3 nitrogen and oxygen atoms in total. The van der Waals surface area contributed by atoms with Crippen LogP contribution in [0.15, 0.2) is 0 Å². The Hall–Kier alpha value is -0.860. The van der Waals surface area contributed by atoms with E-state index in [1.807, 2.05) is 0 Å². The van der Waals surface area contributed by atoms with Gasteiger partial charge in [0.1, 0.15) is 11.6 Å². The summed E-state index contributed by atoms with van der Waals surface area (Å²) in [6, 6.07) is 0. The normalized spacial score (nSPS) is 11.0. The quantitative estimate of drug-likeness (QED) is 0.744. The van der Waals surface area contributed by atoms with Crippen molar-refractivity contribution in [2.24, 2.45) is 5.92 Å². The monoisotopic (exact) mass is 167 g/mol. The van der Waals surface area contributed by atoms with Crippen molar-refractivity contribution in [3.63, 3.8) is 0 Å². The van der Waals surface area contributed by atoms with Crippen LogP contribution in [0, 0.1) is 5.92 Å². The number of aromatic nitrogens is 3. The average Bonchev–Trinajstić information content (AvgIpc) is 2.48. The van der Waals surface area contributed by atoms with Crippen molar-refractivity contribution >= 4 is 0 Å². The molecule has 0 aliphatic heterocycles. The zero-order valence-corrected chi connectivity index (χ0v) is 8.09. The molecule has 0 amide bonds. The Balaban J connectivity index is 2.41. The van der Waals surface area contributed by atoms with E-state index >= 15 is 0 Å². The lowest BCUT2D eigenvalue weighted by Crippen LogP contribution is -1.94. The fraction of sp³-hybridized carbons (Fsp3) is 0.778. The second-order valence-corrected chi connectivity index (χ2v) is 3.50. The molecule has 0 atom stereocenters. The Morgan fingerprint density at radius 3 is 2.42 bits per heavy atom. The lowest BCUT2D eigenvalue weighted by Gasteiger charge is -1.99. The van der Waals surface area contributed by atoms with Gasteiger partial charge in [-0.2, -0.15) is 0 Å². The molecule has 1 N–H and O–H groups in total. The molecule has 1 rings (SSSR count).